The maximum absolute atomic E-state index is 12.9. The first-order valence-electron chi connectivity index (χ1n) is 9.01. The average Bonchev–Trinajstić information content (AvgIpc) is 3.00. The number of aromatic nitrogens is 1. The Balaban J connectivity index is 1.76. The molecule has 0 saturated heterocycles. The van der Waals surface area contributed by atoms with Crippen LogP contribution in [-0.2, 0) is 27.2 Å². The van der Waals surface area contributed by atoms with Gasteiger partial charge in [0.05, 0.1) is 15.6 Å². The van der Waals surface area contributed by atoms with Gasteiger partial charge in [-0.1, -0.05) is 23.2 Å². The van der Waals surface area contributed by atoms with Crippen LogP contribution >= 0.6 is 34.5 Å². The molecule has 2 amide bonds. The first-order chi connectivity index (χ1) is 13.8. The van der Waals surface area contributed by atoms with Gasteiger partial charge in [0.15, 0.2) is 11.9 Å². The number of thiophene rings is 1. The molecular formula is C19H19Cl2N3O4S. The number of esters is 1. The van der Waals surface area contributed by atoms with Crippen LogP contribution in [-0.4, -0.2) is 28.9 Å². The molecule has 2 aromatic heterocycles. The summed E-state index contributed by atoms with van der Waals surface area (Å²) in [6.45, 7) is 2.83. The summed E-state index contributed by atoms with van der Waals surface area (Å²) in [5.74, 6) is -1.38. The number of hydrogen-bond donors (Lipinski definition) is 2. The number of aryl methyl sites for hydroxylation is 1. The topological polar surface area (TPSA) is 97.4 Å². The van der Waals surface area contributed by atoms with Crippen LogP contribution in [0.4, 0.5) is 10.8 Å². The molecule has 0 fully saturated rings. The second-order valence-corrected chi connectivity index (χ2v) is 8.57. The van der Waals surface area contributed by atoms with Crippen LogP contribution in [0.25, 0.3) is 0 Å². The highest BCUT2D eigenvalue weighted by Crippen LogP contribution is 2.38. The zero-order chi connectivity index (χ0) is 21.1. The van der Waals surface area contributed by atoms with Crippen molar-refractivity contribution in [1.82, 2.24) is 4.98 Å². The first-order valence-corrected chi connectivity index (χ1v) is 10.6. The number of hydrogen-bond acceptors (Lipinski definition) is 6. The molecule has 2 N–H and O–H groups in total. The predicted molar refractivity (Wildman–Crippen MR) is 113 cm³/mol. The molecule has 2 aromatic rings. The van der Waals surface area contributed by atoms with E-state index in [0.29, 0.717) is 15.6 Å². The summed E-state index contributed by atoms with van der Waals surface area (Å²) in [4.78, 5) is 41.8. The van der Waals surface area contributed by atoms with Gasteiger partial charge in [0, 0.05) is 18.0 Å². The van der Waals surface area contributed by atoms with Gasteiger partial charge in [0.2, 0.25) is 5.91 Å². The third-order valence-electron chi connectivity index (χ3n) is 4.37. The minimum absolute atomic E-state index is 0.121. The molecule has 1 atom stereocenters. The Morgan fingerprint density at radius 2 is 1.93 bits per heavy atom. The van der Waals surface area contributed by atoms with Crippen LogP contribution in [0.3, 0.4) is 0 Å². The highest BCUT2D eigenvalue weighted by atomic mass is 35.5. The van der Waals surface area contributed by atoms with Crippen LogP contribution in [0.2, 0.25) is 10.0 Å². The number of rotatable bonds is 5. The third kappa shape index (κ3) is 5.07. The number of nitrogens with one attached hydrogen (secondary N) is 2. The van der Waals surface area contributed by atoms with Crippen LogP contribution in [0.1, 0.15) is 47.5 Å². The minimum Gasteiger partial charge on any atom is -0.449 e. The fourth-order valence-electron chi connectivity index (χ4n) is 3.03. The first kappa shape index (κ1) is 21.5. The summed E-state index contributed by atoms with van der Waals surface area (Å²) in [7, 11) is 0. The lowest BCUT2D eigenvalue weighted by atomic mass is 9.95. The largest absolute Gasteiger partial charge is 0.449 e. The van der Waals surface area contributed by atoms with E-state index in [-0.39, 0.29) is 16.7 Å². The average molecular weight is 456 g/mol. The summed E-state index contributed by atoms with van der Waals surface area (Å²) >= 11 is 13.2. The van der Waals surface area contributed by atoms with Crippen LogP contribution in [0.5, 0.6) is 0 Å². The molecule has 1 unspecified atom stereocenters. The molecule has 1 aliphatic carbocycles. The van der Waals surface area contributed by atoms with Crippen molar-refractivity contribution in [3.63, 3.8) is 0 Å². The van der Waals surface area contributed by atoms with E-state index in [1.807, 2.05) is 0 Å². The fraction of sp³-hybridized carbons (Fsp3) is 0.368. The van der Waals surface area contributed by atoms with Crippen molar-refractivity contribution in [1.29, 1.82) is 0 Å². The lowest BCUT2D eigenvalue weighted by Crippen LogP contribution is -2.31. The van der Waals surface area contributed by atoms with Crippen molar-refractivity contribution in [3.05, 3.63) is 38.3 Å². The van der Waals surface area contributed by atoms with Crippen LogP contribution in [0, 0.1) is 0 Å². The number of carbonyl (C=O) groups excluding carboxylic acids is 3. The SMILES string of the molecule is CC(=O)Nc1sc2c(c1C(=O)OC(C)C(=O)Nc1ncc(Cl)cc1Cl)CCCC2. The molecule has 0 spiro atoms. The molecule has 7 nitrogen and oxygen atoms in total. The quantitative estimate of drug-likeness (QED) is 0.647. The van der Waals surface area contributed by atoms with E-state index in [1.165, 1.54) is 37.4 Å². The van der Waals surface area contributed by atoms with Gasteiger partial charge in [0.1, 0.15) is 5.00 Å². The number of amides is 2. The second kappa shape index (κ2) is 9.11. The van der Waals surface area contributed by atoms with E-state index in [1.54, 1.807) is 0 Å². The zero-order valence-corrected chi connectivity index (χ0v) is 18.1. The summed E-state index contributed by atoms with van der Waals surface area (Å²) in [5, 5.41) is 6.18. The lowest BCUT2D eigenvalue weighted by molar-refractivity contribution is -0.123. The van der Waals surface area contributed by atoms with Gasteiger partial charge in [-0.05, 0) is 44.2 Å². The Kier molecular flexibility index (Phi) is 6.77. The maximum atomic E-state index is 12.9. The number of halogens is 2. The number of anilines is 2. The van der Waals surface area contributed by atoms with E-state index >= 15 is 0 Å². The smallest absolute Gasteiger partial charge is 0.342 e. The standard InChI is InChI=1S/C19H19Cl2N3O4S/c1-9(17(26)24-16-13(21)7-11(20)8-22-16)28-19(27)15-12-5-3-4-6-14(12)29-18(15)23-10(2)25/h7-9H,3-6H2,1-2H3,(H,23,25)(H,22,24,26). The summed E-state index contributed by atoms with van der Waals surface area (Å²) in [6, 6.07) is 1.44. The molecule has 2 heterocycles. The van der Waals surface area contributed by atoms with Gasteiger partial charge in [-0.3, -0.25) is 9.59 Å². The molecular weight excluding hydrogens is 437 g/mol. The van der Waals surface area contributed by atoms with Crippen molar-refractivity contribution in [2.45, 2.75) is 45.6 Å². The fourth-order valence-corrected chi connectivity index (χ4v) is 4.78. The predicted octanol–water partition coefficient (Wildman–Crippen LogP) is 4.47. The molecule has 3 rings (SSSR count). The van der Waals surface area contributed by atoms with Gasteiger partial charge >= 0.3 is 5.97 Å². The Labute approximate surface area is 181 Å². The van der Waals surface area contributed by atoms with Crippen molar-refractivity contribution in [2.24, 2.45) is 0 Å². The molecule has 1 aliphatic rings. The molecule has 154 valence electrons. The van der Waals surface area contributed by atoms with Crippen LogP contribution in [0.15, 0.2) is 12.3 Å². The molecule has 0 radical (unpaired) electrons. The van der Waals surface area contributed by atoms with Gasteiger partial charge < -0.3 is 15.4 Å². The van der Waals surface area contributed by atoms with Gasteiger partial charge in [-0.15, -0.1) is 11.3 Å². The van der Waals surface area contributed by atoms with E-state index < -0.39 is 18.0 Å². The molecule has 0 aliphatic heterocycles. The summed E-state index contributed by atoms with van der Waals surface area (Å²) in [5.41, 5.74) is 1.23. The molecule has 0 saturated carbocycles. The normalized spacial score (nSPS) is 13.9. The third-order valence-corrected chi connectivity index (χ3v) is 6.07. The van der Waals surface area contributed by atoms with E-state index in [9.17, 15) is 14.4 Å². The maximum Gasteiger partial charge on any atom is 0.342 e. The molecule has 10 heteroatoms. The molecule has 29 heavy (non-hydrogen) atoms. The van der Waals surface area contributed by atoms with Gasteiger partial charge in [-0.2, -0.15) is 0 Å². The van der Waals surface area contributed by atoms with Crippen molar-refractivity contribution >= 4 is 63.1 Å². The van der Waals surface area contributed by atoms with Crippen molar-refractivity contribution in [2.75, 3.05) is 10.6 Å². The van der Waals surface area contributed by atoms with Crippen LogP contribution < -0.4 is 10.6 Å². The zero-order valence-electron chi connectivity index (χ0n) is 15.8. The molecule has 0 bridgehead atoms. The number of pyridine rings is 1. The summed E-state index contributed by atoms with van der Waals surface area (Å²) < 4.78 is 5.39. The van der Waals surface area contributed by atoms with Crippen molar-refractivity contribution < 1.29 is 19.1 Å². The number of ether oxygens (including phenoxy) is 1. The molecule has 0 aromatic carbocycles. The van der Waals surface area contributed by atoms with Crippen molar-refractivity contribution in [3.8, 4) is 0 Å². The Morgan fingerprint density at radius 3 is 2.62 bits per heavy atom. The highest BCUT2D eigenvalue weighted by Gasteiger charge is 2.29. The van der Waals surface area contributed by atoms with E-state index in [2.05, 4.69) is 15.6 Å². The Hall–Kier alpha value is -2.16. The van der Waals surface area contributed by atoms with E-state index in [0.717, 1.165) is 36.1 Å². The number of carbonyl (C=O) groups is 3. The Bertz CT molecular complexity index is 977. The number of fused-ring (bicyclic) bond motifs is 1. The monoisotopic (exact) mass is 455 g/mol. The summed E-state index contributed by atoms with van der Waals surface area (Å²) in [6.07, 6.45) is 3.84. The Morgan fingerprint density at radius 1 is 1.21 bits per heavy atom. The lowest BCUT2D eigenvalue weighted by Gasteiger charge is -2.16. The van der Waals surface area contributed by atoms with Gasteiger partial charge in [-0.25, -0.2) is 9.78 Å². The highest BCUT2D eigenvalue weighted by molar-refractivity contribution is 7.17. The van der Waals surface area contributed by atoms with E-state index in [4.69, 9.17) is 27.9 Å². The van der Waals surface area contributed by atoms with Gasteiger partial charge in [0.25, 0.3) is 5.91 Å². The number of nitrogens with zero attached hydrogens (tertiary/aromatic N) is 1. The minimum atomic E-state index is -1.10. The second-order valence-electron chi connectivity index (χ2n) is 6.62.